The van der Waals surface area contributed by atoms with Crippen LogP contribution >= 0.6 is 34.5 Å². The minimum Gasteiger partial charge on any atom is -0.288 e. The zero-order chi connectivity index (χ0) is 15.1. The molecule has 0 saturated carbocycles. The summed E-state index contributed by atoms with van der Waals surface area (Å²) in [6.45, 7) is 0. The molecule has 100 valence electrons. The smallest absolute Gasteiger partial charge is 0.204 e. The number of nitriles is 2. The number of carbonyl (C=O) groups is 1. The molecule has 6 heteroatoms. The van der Waals surface area contributed by atoms with Crippen molar-refractivity contribution in [2.45, 2.75) is 0 Å². The first kappa shape index (κ1) is 13.9. The standard InChI is InChI=1S/C15H4Cl2N2OS/c16-11-3-9-10(4-12(11)17)14(20)15-8(1-2-21-15)13(9)7(5-18)6-19/h1-4H. The van der Waals surface area contributed by atoms with Gasteiger partial charge >= 0.3 is 0 Å². The Kier molecular flexibility index (Phi) is 3.31. The molecule has 0 N–H and O–H groups in total. The van der Waals surface area contributed by atoms with Crippen LogP contribution in [-0.4, -0.2) is 5.78 Å². The summed E-state index contributed by atoms with van der Waals surface area (Å²) in [6.07, 6.45) is 0. The molecule has 1 aliphatic carbocycles. The average Bonchev–Trinajstić information content (AvgIpc) is 2.95. The van der Waals surface area contributed by atoms with Crippen molar-refractivity contribution in [3.05, 3.63) is 60.8 Å². The zero-order valence-electron chi connectivity index (χ0n) is 10.3. The summed E-state index contributed by atoms with van der Waals surface area (Å²) in [5.41, 5.74) is 1.80. The van der Waals surface area contributed by atoms with E-state index in [0.29, 0.717) is 27.1 Å². The summed E-state index contributed by atoms with van der Waals surface area (Å²) in [5.74, 6) is -0.174. The van der Waals surface area contributed by atoms with E-state index in [9.17, 15) is 15.3 Å². The highest BCUT2D eigenvalue weighted by Crippen LogP contribution is 2.42. The van der Waals surface area contributed by atoms with Crippen LogP contribution < -0.4 is 0 Å². The molecule has 2 aromatic rings. The highest BCUT2D eigenvalue weighted by atomic mass is 35.5. The summed E-state index contributed by atoms with van der Waals surface area (Å²) >= 11 is 13.3. The van der Waals surface area contributed by atoms with Gasteiger partial charge in [0.25, 0.3) is 0 Å². The maximum atomic E-state index is 12.5. The van der Waals surface area contributed by atoms with Gasteiger partial charge in [-0.15, -0.1) is 11.3 Å². The summed E-state index contributed by atoms with van der Waals surface area (Å²) in [4.78, 5) is 13.0. The lowest BCUT2D eigenvalue weighted by atomic mass is 9.83. The number of thiophene rings is 1. The summed E-state index contributed by atoms with van der Waals surface area (Å²) in [5, 5.41) is 20.7. The van der Waals surface area contributed by atoms with Crippen LogP contribution in [0, 0.1) is 22.7 Å². The number of rotatable bonds is 0. The third kappa shape index (κ3) is 1.97. The topological polar surface area (TPSA) is 64.7 Å². The predicted octanol–water partition coefficient (Wildman–Crippen LogP) is 4.45. The monoisotopic (exact) mass is 330 g/mol. The molecule has 0 fully saturated rings. The van der Waals surface area contributed by atoms with Gasteiger partial charge in [-0.25, -0.2) is 0 Å². The van der Waals surface area contributed by atoms with Crippen molar-refractivity contribution >= 4 is 45.9 Å². The van der Waals surface area contributed by atoms with Gasteiger partial charge in [-0.3, -0.25) is 4.79 Å². The first-order valence-corrected chi connectivity index (χ1v) is 7.38. The van der Waals surface area contributed by atoms with Crippen molar-refractivity contribution in [3.8, 4) is 12.1 Å². The van der Waals surface area contributed by atoms with Gasteiger partial charge in [0.15, 0.2) is 0 Å². The van der Waals surface area contributed by atoms with E-state index in [1.54, 1.807) is 11.4 Å². The van der Waals surface area contributed by atoms with Gasteiger partial charge in [0, 0.05) is 16.7 Å². The Morgan fingerprint density at radius 3 is 2.29 bits per heavy atom. The van der Waals surface area contributed by atoms with Crippen molar-refractivity contribution in [1.82, 2.24) is 0 Å². The Morgan fingerprint density at radius 2 is 1.67 bits per heavy atom. The molecule has 21 heavy (non-hydrogen) atoms. The first-order valence-electron chi connectivity index (χ1n) is 5.75. The molecular weight excluding hydrogens is 327 g/mol. The molecule has 0 amide bonds. The Bertz CT molecular complexity index is 897. The van der Waals surface area contributed by atoms with E-state index in [4.69, 9.17) is 23.2 Å². The molecule has 0 bridgehead atoms. The highest BCUT2D eigenvalue weighted by Gasteiger charge is 2.31. The molecule has 1 aliphatic rings. The van der Waals surface area contributed by atoms with Gasteiger partial charge < -0.3 is 0 Å². The third-order valence-electron chi connectivity index (χ3n) is 3.19. The van der Waals surface area contributed by atoms with Crippen molar-refractivity contribution in [2.24, 2.45) is 0 Å². The van der Waals surface area contributed by atoms with Gasteiger partial charge in [-0.1, -0.05) is 23.2 Å². The summed E-state index contributed by atoms with van der Waals surface area (Å²) < 4.78 is 0. The number of hydrogen-bond donors (Lipinski definition) is 0. The van der Waals surface area contributed by atoms with E-state index in [1.165, 1.54) is 23.5 Å². The lowest BCUT2D eigenvalue weighted by Gasteiger charge is -2.19. The van der Waals surface area contributed by atoms with Gasteiger partial charge in [-0.05, 0) is 29.1 Å². The number of halogens is 2. The van der Waals surface area contributed by atoms with Crippen LogP contribution in [0.4, 0.5) is 0 Å². The molecule has 1 aromatic heterocycles. The summed E-state index contributed by atoms with van der Waals surface area (Å²) in [6, 6.07) is 8.50. The normalized spacial score (nSPS) is 12.2. The van der Waals surface area contributed by atoms with E-state index in [2.05, 4.69) is 0 Å². The number of fused-ring (bicyclic) bond motifs is 2. The second kappa shape index (κ2) is 5.02. The van der Waals surface area contributed by atoms with Crippen molar-refractivity contribution < 1.29 is 4.79 Å². The number of ketones is 1. The first-order chi connectivity index (χ1) is 10.1. The number of carbonyl (C=O) groups excluding carboxylic acids is 1. The fourth-order valence-corrected chi connectivity index (χ4v) is 3.48. The van der Waals surface area contributed by atoms with Crippen molar-refractivity contribution in [3.63, 3.8) is 0 Å². The van der Waals surface area contributed by atoms with Gasteiger partial charge in [0.2, 0.25) is 5.78 Å². The zero-order valence-corrected chi connectivity index (χ0v) is 12.6. The van der Waals surface area contributed by atoms with E-state index in [-0.39, 0.29) is 21.4 Å². The predicted molar refractivity (Wildman–Crippen MR) is 81.5 cm³/mol. The van der Waals surface area contributed by atoms with Gasteiger partial charge in [0.1, 0.15) is 17.7 Å². The van der Waals surface area contributed by atoms with Crippen LogP contribution in [0.1, 0.15) is 26.4 Å². The largest absolute Gasteiger partial charge is 0.288 e. The average molecular weight is 331 g/mol. The molecule has 0 saturated heterocycles. The molecular formula is C15H4Cl2N2OS. The number of nitrogens with zero attached hydrogens (tertiary/aromatic N) is 2. The van der Waals surface area contributed by atoms with Crippen LogP contribution in [0.5, 0.6) is 0 Å². The van der Waals surface area contributed by atoms with E-state index < -0.39 is 0 Å². The van der Waals surface area contributed by atoms with Crippen LogP contribution in [0.15, 0.2) is 29.2 Å². The molecule has 0 unspecified atom stereocenters. The van der Waals surface area contributed by atoms with E-state index in [1.807, 2.05) is 12.1 Å². The molecule has 1 aromatic carbocycles. The lowest BCUT2D eigenvalue weighted by molar-refractivity contribution is 0.104. The Balaban J connectivity index is 2.48. The third-order valence-corrected chi connectivity index (χ3v) is 4.82. The maximum Gasteiger partial charge on any atom is 0.204 e. The van der Waals surface area contributed by atoms with E-state index in [0.717, 1.165) is 0 Å². The molecule has 1 heterocycles. The maximum absolute atomic E-state index is 12.5. The molecule has 0 atom stereocenters. The number of allylic oxidation sites excluding steroid dienone is 1. The summed E-state index contributed by atoms with van der Waals surface area (Å²) in [7, 11) is 0. The Morgan fingerprint density at radius 1 is 1.05 bits per heavy atom. The van der Waals surface area contributed by atoms with Crippen molar-refractivity contribution in [2.75, 3.05) is 0 Å². The Labute approximate surface area is 134 Å². The minimum absolute atomic E-state index is 0.0539. The number of hydrogen-bond acceptors (Lipinski definition) is 4. The minimum atomic E-state index is -0.174. The highest BCUT2D eigenvalue weighted by molar-refractivity contribution is 7.12. The second-order valence-electron chi connectivity index (χ2n) is 4.28. The molecule has 0 aliphatic heterocycles. The molecule has 0 spiro atoms. The van der Waals surface area contributed by atoms with E-state index >= 15 is 0 Å². The fraction of sp³-hybridized carbons (Fsp3) is 0. The van der Waals surface area contributed by atoms with Crippen LogP contribution in [-0.2, 0) is 0 Å². The SMILES string of the molecule is N#CC(C#N)=C1c2cc(Cl)c(Cl)cc2C(=O)c2sccc21. The fourth-order valence-electron chi connectivity index (χ4n) is 2.30. The quantitative estimate of drug-likeness (QED) is 0.572. The Hall–Kier alpha value is -2.11. The second-order valence-corrected chi connectivity index (χ2v) is 6.01. The molecule has 3 nitrogen and oxygen atoms in total. The van der Waals surface area contributed by atoms with Crippen LogP contribution in [0.3, 0.4) is 0 Å². The molecule has 3 rings (SSSR count). The molecule has 0 radical (unpaired) electrons. The van der Waals surface area contributed by atoms with Crippen LogP contribution in [0.25, 0.3) is 5.57 Å². The lowest BCUT2D eigenvalue weighted by Crippen LogP contribution is -2.13. The van der Waals surface area contributed by atoms with Crippen LogP contribution in [0.2, 0.25) is 10.0 Å². The van der Waals surface area contributed by atoms with Crippen molar-refractivity contribution in [1.29, 1.82) is 10.5 Å². The van der Waals surface area contributed by atoms with Gasteiger partial charge in [-0.2, -0.15) is 10.5 Å². The number of benzene rings is 1. The van der Waals surface area contributed by atoms with Gasteiger partial charge in [0.05, 0.1) is 14.9 Å².